The molecule has 1 fully saturated rings. The molecule has 2 rings (SSSR count). The number of alkyl halides is 1. The first-order valence-electron chi connectivity index (χ1n) is 9.25. The van der Waals surface area contributed by atoms with E-state index in [1.54, 1.807) is 0 Å². The molecule has 1 saturated heterocycles. The summed E-state index contributed by atoms with van der Waals surface area (Å²) in [5.41, 5.74) is -0.251. The second kappa shape index (κ2) is 8.66. The van der Waals surface area contributed by atoms with Crippen molar-refractivity contribution >= 4 is 14.0 Å². The van der Waals surface area contributed by atoms with Crippen molar-refractivity contribution in [1.29, 1.82) is 0 Å². The minimum absolute atomic E-state index is 0.0285. The Labute approximate surface area is 160 Å². The van der Waals surface area contributed by atoms with E-state index in [4.69, 9.17) is 13.9 Å². The molecule has 1 aliphatic rings. The summed E-state index contributed by atoms with van der Waals surface area (Å²) in [5.74, 6) is -0.0778. The van der Waals surface area contributed by atoms with Crippen molar-refractivity contribution in [3.63, 3.8) is 0 Å². The van der Waals surface area contributed by atoms with Crippen molar-refractivity contribution < 1.29 is 23.2 Å². The molecule has 154 valence electrons. The third-order valence-corrected chi connectivity index (χ3v) is 9.80. The fourth-order valence-corrected chi connectivity index (χ4v) is 3.61. The first-order valence-corrected chi connectivity index (χ1v) is 12.2. The molecule has 0 saturated carbocycles. The Morgan fingerprint density at radius 1 is 1.44 bits per heavy atom. The van der Waals surface area contributed by atoms with Gasteiger partial charge in [0.05, 0.1) is 24.2 Å². The van der Waals surface area contributed by atoms with Gasteiger partial charge in [-0.1, -0.05) is 20.8 Å². The predicted octanol–water partition coefficient (Wildman–Crippen LogP) is 3.88. The van der Waals surface area contributed by atoms with Gasteiger partial charge in [-0.3, -0.25) is 14.8 Å². The molecule has 0 spiro atoms. The topological polar surface area (TPSA) is 88.7 Å². The van der Waals surface area contributed by atoms with Crippen LogP contribution in [0.1, 0.15) is 39.7 Å². The van der Waals surface area contributed by atoms with Crippen LogP contribution in [0, 0.1) is 10.1 Å². The minimum Gasteiger partial charge on any atom is -0.472 e. The molecule has 0 bridgehead atoms. The van der Waals surface area contributed by atoms with Gasteiger partial charge in [0.15, 0.2) is 8.32 Å². The first kappa shape index (κ1) is 21.8. The number of rotatable bonds is 8. The number of ether oxygens (including phenoxy) is 2. The molecule has 2 atom stereocenters. The van der Waals surface area contributed by atoms with Gasteiger partial charge in [-0.2, -0.15) is 0 Å². The van der Waals surface area contributed by atoms with Crippen molar-refractivity contribution in [1.82, 2.24) is 9.78 Å². The molecule has 1 aromatic rings. The lowest BCUT2D eigenvalue weighted by Crippen LogP contribution is -2.41. The van der Waals surface area contributed by atoms with E-state index in [1.165, 1.54) is 10.9 Å². The summed E-state index contributed by atoms with van der Waals surface area (Å²) in [6.45, 7) is 12.0. The lowest BCUT2D eigenvalue weighted by Gasteiger charge is -2.36. The molecule has 10 heteroatoms. The molecular formula is C17H30FN3O5Si. The van der Waals surface area contributed by atoms with Gasteiger partial charge in [0, 0.05) is 19.6 Å². The Kier molecular flexibility index (Phi) is 6.98. The second-order valence-electron chi connectivity index (χ2n) is 8.31. The van der Waals surface area contributed by atoms with E-state index < -0.39 is 25.5 Å². The van der Waals surface area contributed by atoms with Crippen LogP contribution in [0.4, 0.5) is 10.1 Å². The van der Waals surface area contributed by atoms with E-state index in [-0.39, 0.29) is 29.8 Å². The molecule has 1 aliphatic heterocycles. The maximum atomic E-state index is 14.0. The molecule has 2 unspecified atom stereocenters. The van der Waals surface area contributed by atoms with Crippen molar-refractivity contribution in [3.8, 4) is 5.88 Å². The van der Waals surface area contributed by atoms with Crippen LogP contribution in [0.5, 0.6) is 5.88 Å². The Morgan fingerprint density at radius 3 is 2.74 bits per heavy atom. The summed E-state index contributed by atoms with van der Waals surface area (Å²) < 4.78 is 32.0. The second-order valence-corrected chi connectivity index (χ2v) is 13.1. The molecule has 1 aromatic heterocycles. The highest BCUT2D eigenvalue weighted by Gasteiger charge is 2.37. The number of halogens is 1. The van der Waals surface area contributed by atoms with Crippen molar-refractivity contribution in [3.05, 3.63) is 16.3 Å². The van der Waals surface area contributed by atoms with Crippen LogP contribution in [-0.4, -0.2) is 55.6 Å². The summed E-state index contributed by atoms with van der Waals surface area (Å²) in [6, 6.07) is -0.572. The number of hydrogen-bond acceptors (Lipinski definition) is 6. The third-order valence-electron chi connectivity index (χ3n) is 5.27. The average molecular weight is 404 g/mol. The van der Waals surface area contributed by atoms with Crippen LogP contribution in [0.2, 0.25) is 18.1 Å². The monoisotopic (exact) mass is 403 g/mol. The highest BCUT2D eigenvalue weighted by atomic mass is 28.4. The zero-order chi connectivity index (χ0) is 20.2. The Bertz CT molecular complexity index is 647. The number of hydrogen-bond donors (Lipinski definition) is 0. The van der Waals surface area contributed by atoms with E-state index >= 15 is 0 Å². The molecular weight excluding hydrogens is 373 g/mol. The van der Waals surface area contributed by atoms with Gasteiger partial charge in [0.2, 0.25) is 0 Å². The largest absolute Gasteiger partial charge is 0.472 e. The van der Waals surface area contributed by atoms with E-state index in [2.05, 4.69) is 39.0 Å². The van der Waals surface area contributed by atoms with Crippen LogP contribution >= 0.6 is 0 Å². The van der Waals surface area contributed by atoms with Crippen LogP contribution < -0.4 is 4.74 Å². The molecule has 2 heterocycles. The summed E-state index contributed by atoms with van der Waals surface area (Å²) in [5, 5.41) is 15.5. The molecule has 0 amide bonds. The normalized spacial score (nSPS) is 21.3. The molecule has 8 nitrogen and oxygen atoms in total. The van der Waals surface area contributed by atoms with E-state index in [0.717, 1.165) is 0 Å². The summed E-state index contributed by atoms with van der Waals surface area (Å²) in [7, 11) is -1.83. The summed E-state index contributed by atoms with van der Waals surface area (Å²) in [4.78, 5) is 10.7. The first-order chi connectivity index (χ1) is 12.5. The van der Waals surface area contributed by atoms with Crippen molar-refractivity contribution in [2.45, 2.75) is 64.0 Å². The van der Waals surface area contributed by atoms with Crippen molar-refractivity contribution in [2.24, 2.45) is 0 Å². The highest BCUT2D eigenvalue weighted by Crippen LogP contribution is 2.36. The summed E-state index contributed by atoms with van der Waals surface area (Å²) in [6.07, 6.45) is 1.01. The molecule has 27 heavy (non-hydrogen) atoms. The van der Waals surface area contributed by atoms with Gasteiger partial charge in [0.1, 0.15) is 12.4 Å². The Morgan fingerprint density at radius 2 is 2.15 bits per heavy atom. The highest BCUT2D eigenvalue weighted by molar-refractivity contribution is 6.74. The van der Waals surface area contributed by atoms with Crippen LogP contribution in [0.25, 0.3) is 0 Å². The standard InChI is InChI=1S/C17H30FN3O5Si/c1-17(2,3)27(4,5)26-9-6-8-25-16-15(21(22)23)11-20(19-16)14-7-10-24-12-13(14)18/h11,13-14H,6-10,12H2,1-5H3. The van der Waals surface area contributed by atoms with E-state index in [1.807, 2.05) is 0 Å². The maximum Gasteiger partial charge on any atom is 0.350 e. The zero-order valence-corrected chi connectivity index (χ0v) is 17.7. The molecule has 0 radical (unpaired) electrons. The van der Waals surface area contributed by atoms with Gasteiger partial charge >= 0.3 is 11.6 Å². The number of aromatic nitrogens is 2. The van der Waals surface area contributed by atoms with Gasteiger partial charge < -0.3 is 13.9 Å². The lowest BCUT2D eigenvalue weighted by molar-refractivity contribution is -0.386. The van der Waals surface area contributed by atoms with Crippen LogP contribution in [-0.2, 0) is 9.16 Å². The van der Waals surface area contributed by atoms with E-state index in [0.29, 0.717) is 26.1 Å². The smallest absolute Gasteiger partial charge is 0.350 e. The zero-order valence-electron chi connectivity index (χ0n) is 16.7. The Hall–Kier alpha value is -1.52. The van der Waals surface area contributed by atoms with Gasteiger partial charge in [0.25, 0.3) is 0 Å². The van der Waals surface area contributed by atoms with Gasteiger partial charge in [-0.05, 0) is 24.6 Å². The van der Waals surface area contributed by atoms with Crippen LogP contribution in [0.3, 0.4) is 0 Å². The SMILES string of the molecule is CC(C)(C)[Si](C)(C)OCCCOc1nn(C2CCOCC2F)cc1[N+](=O)[O-]. The maximum absolute atomic E-state index is 14.0. The van der Waals surface area contributed by atoms with Gasteiger partial charge in [-0.25, -0.2) is 4.39 Å². The quantitative estimate of drug-likeness (QED) is 0.283. The predicted molar refractivity (Wildman–Crippen MR) is 102 cm³/mol. The minimum atomic E-state index is -1.83. The van der Waals surface area contributed by atoms with Crippen molar-refractivity contribution in [2.75, 3.05) is 26.4 Å². The van der Waals surface area contributed by atoms with Gasteiger partial charge in [-0.15, -0.1) is 5.10 Å². The average Bonchev–Trinajstić information content (AvgIpc) is 2.98. The Balaban J connectivity index is 1.93. The number of nitrogens with zero attached hydrogens (tertiary/aromatic N) is 3. The molecule has 0 aromatic carbocycles. The van der Waals surface area contributed by atoms with E-state index in [9.17, 15) is 14.5 Å². The van der Waals surface area contributed by atoms with Crippen LogP contribution in [0.15, 0.2) is 6.20 Å². The molecule has 0 N–H and O–H groups in total. The lowest BCUT2D eigenvalue weighted by atomic mass is 10.1. The third kappa shape index (κ3) is 5.49. The fourth-order valence-electron chi connectivity index (χ4n) is 2.52. The summed E-state index contributed by atoms with van der Waals surface area (Å²) >= 11 is 0. The molecule has 0 aliphatic carbocycles. The number of nitro groups is 1. The fraction of sp³-hybridized carbons (Fsp3) is 0.824.